The molecule has 0 atom stereocenters. The van der Waals surface area contributed by atoms with Crippen LogP contribution in [0.2, 0.25) is 0 Å². The summed E-state index contributed by atoms with van der Waals surface area (Å²) in [4.78, 5) is 10.5. The van der Waals surface area contributed by atoms with Crippen LogP contribution in [0.25, 0.3) is 0 Å². The molecule has 0 saturated carbocycles. The highest BCUT2D eigenvalue weighted by Crippen LogP contribution is 2.33. The van der Waals surface area contributed by atoms with Crippen LogP contribution in [-0.4, -0.2) is 20.5 Å². The van der Waals surface area contributed by atoms with Crippen LogP contribution in [0.15, 0.2) is 30.3 Å². The highest BCUT2D eigenvalue weighted by Gasteiger charge is 2.14. The first kappa shape index (κ1) is 14.8. The minimum absolute atomic E-state index is 0.111. The van der Waals surface area contributed by atoms with Crippen LogP contribution in [0.3, 0.4) is 0 Å². The Hall–Kier alpha value is -2.63. The number of carbonyl (C=O) groups excluding carboxylic acids is 1. The van der Waals surface area contributed by atoms with Gasteiger partial charge in [0.25, 0.3) is 0 Å². The topological polar surface area (TPSA) is 44.8 Å². The zero-order valence-corrected chi connectivity index (χ0v) is 11.4. The Balaban J connectivity index is 2.40. The predicted octanol–water partition coefficient (Wildman–Crippen LogP) is 3.59. The lowest BCUT2D eigenvalue weighted by molar-refractivity contribution is 0.112. The third-order valence-electron chi connectivity index (χ3n) is 2.70. The van der Waals surface area contributed by atoms with Crippen LogP contribution in [0.1, 0.15) is 10.4 Å². The van der Waals surface area contributed by atoms with Crippen molar-refractivity contribution in [2.24, 2.45) is 0 Å². The molecule has 0 aliphatic heterocycles. The molecule has 0 radical (unpaired) electrons. The lowest BCUT2D eigenvalue weighted by Crippen LogP contribution is -1.96. The van der Waals surface area contributed by atoms with Gasteiger partial charge < -0.3 is 14.2 Å². The maximum absolute atomic E-state index is 13.8. The molecule has 0 saturated heterocycles. The van der Waals surface area contributed by atoms with E-state index in [1.54, 1.807) is 6.07 Å². The number of benzene rings is 2. The van der Waals surface area contributed by atoms with E-state index in [4.69, 9.17) is 14.2 Å². The zero-order valence-electron chi connectivity index (χ0n) is 11.4. The van der Waals surface area contributed by atoms with E-state index in [9.17, 15) is 13.6 Å². The number of carbonyl (C=O) groups is 1. The molecule has 0 aliphatic carbocycles. The van der Waals surface area contributed by atoms with Crippen molar-refractivity contribution < 1.29 is 27.8 Å². The molecule has 6 heteroatoms. The number of hydrogen-bond acceptors (Lipinski definition) is 4. The van der Waals surface area contributed by atoms with Gasteiger partial charge in [-0.1, -0.05) is 0 Å². The van der Waals surface area contributed by atoms with E-state index in [0.29, 0.717) is 17.8 Å². The predicted molar refractivity (Wildman–Crippen MR) is 71.4 cm³/mol. The fraction of sp³-hybridized carbons (Fsp3) is 0.133. The number of rotatable bonds is 5. The summed E-state index contributed by atoms with van der Waals surface area (Å²) < 4.78 is 42.8. The van der Waals surface area contributed by atoms with Crippen molar-refractivity contribution in [2.75, 3.05) is 14.2 Å². The Morgan fingerprint density at radius 3 is 1.76 bits per heavy atom. The molecule has 4 nitrogen and oxygen atoms in total. The lowest BCUT2D eigenvalue weighted by Gasteiger charge is -2.11. The van der Waals surface area contributed by atoms with E-state index in [0.717, 1.165) is 12.1 Å². The van der Waals surface area contributed by atoms with E-state index in [-0.39, 0.29) is 11.3 Å². The minimum Gasteiger partial charge on any atom is -0.496 e. The van der Waals surface area contributed by atoms with Crippen LogP contribution in [0.5, 0.6) is 23.0 Å². The van der Waals surface area contributed by atoms with E-state index >= 15 is 0 Å². The largest absolute Gasteiger partial charge is 0.496 e. The summed E-state index contributed by atoms with van der Waals surface area (Å²) in [6, 6.07) is 6.28. The van der Waals surface area contributed by atoms with Crippen molar-refractivity contribution >= 4 is 6.29 Å². The Morgan fingerprint density at radius 2 is 1.33 bits per heavy atom. The molecule has 0 unspecified atom stereocenters. The van der Waals surface area contributed by atoms with Gasteiger partial charge in [0.1, 0.15) is 23.5 Å². The van der Waals surface area contributed by atoms with Crippen molar-refractivity contribution in [2.45, 2.75) is 0 Å². The van der Waals surface area contributed by atoms with Crippen molar-refractivity contribution in [3.8, 4) is 23.0 Å². The molecule has 0 amide bonds. The molecule has 0 N–H and O–H groups in total. The first-order chi connectivity index (χ1) is 10.1. The molecule has 2 aromatic rings. The van der Waals surface area contributed by atoms with Crippen LogP contribution < -0.4 is 14.2 Å². The molecule has 0 aromatic heterocycles. The van der Waals surface area contributed by atoms with Crippen LogP contribution >= 0.6 is 0 Å². The molecule has 21 heavy (non-hydrogen) atoms. The summed E-state index contributed by atoms with van der Waals surface area (Å²) in [5, 5.41) is 0. The van der Waals surface area contributed by atoms with Crippen molar-refractivity contribution in [1.82, 2.24) is 0 Å². The van der Waals surface area contributed by atoms with E-state index in [1.807, 2.05) is 0 Å². The molecule has 0 bridgehead atoms. The number of hydrogen-bond donors (Lipinski definition) is 0. The quantitative estimate of drug-likeness (QED) is 0.791. The van der Waals surface area contributed by atoms with Gasteiger partial charge in [0.2, 0.25) is 0 Å². The molecule has 0 heterocycles. The maximum atomic E-state index is 13.8. The highest BCUT2D eigenvalue weighted by atomic mass is 19.1. The van der Waals surface area contributed by atoms with Gasteiger partial charge in [-0.3, -0.25) is 4.79 Å². The Kier molecular flexibility index (Phi) is 4.37. The summed E-state index contributed by atoms with van der Waals surface area (Å²) >= 11 is 0. The van der Waals surface area contributed by atoms with Gasteiger partial charge >= 0.3 is 0 Å². The number of halogens is 2. The third-order valence-corrected chi connectivity index (χ3v) is 2.70. The monoisotopic (exact) mass is 294 g/mol. The normalized spacial score (nSPS) is 10.1. The molecule has 0 spiro atoms. The van der Waals surface area contributed by atoms with Gasteiger partial charge in [0.15, 0.2) is 17.4 Å². The van der Waals surface area contributed by atoms with Crippen molar-refractivity contribution in [1.29, 1.82) is 0 Å². The van der Waals surface area contributed by atoms with Gasteiger partial charge in [-0.2, -0.15) is 0 Å². The zero-order chi connectivity index (χ0) is 15.4. The minimum atomic E-state index is -0.973. The highest BCUT2D eigenvalue weighted by molar-refractivity contribution is 5.75. The molecule has 2 aromatic carbocycles. The Labute approximate surface area is 119 Å². The Morgan fingerprint density at radius 1 is 0.857 bits per heavy atom. The Bertz CT molecular complexity index is 625. The van der Waals surface area contributed by atoms with Gasteiger partial charge in [0.05, 0.1) is 14.2 Å². The second-order valence-electron chi connectivity index (χ2n) is 4.08. The first-order valence-electron chi connectivity index (χ1n) is 5.92. The smallest absolute Gasteiger partial charge is 0.198 e. The summed E-state index contributed by atoms with van der Waals surface area (Å²) in [5.74, 6) is -1.58. The second kappa shape index (κ2) is 6.21. The molecule has 0 fully saturated rings. The maximum Gasteiger partial charge on any atom is 0.198 e. The molecular weight excluding hydrogens is 282 g/mol. The van der Waals surface area contributed by atoms with E-state index < -0.39 is 17.4 Å². The summed E-state index contributed by atoms with van der Waals surface area (Å²) in [6.07, 6.45) is 0.352. The first-order valence-corrected chi connectivity index (χ1v) is 5.92. The molecule has 2 rings (SSSR count). The molecule has 0 aliphatic rings. The number of ether oxygens (including phenoxy) is 3. The van der Waals surface area contributed by atoms with Crippen molar-refractivity contribution in [3.05, 3.63) is 47.5 Å². The number of aldehydes is 1. The lowest BCUT2D eigenvalue weighted by atomic mass is 10.2. The average molecular weight is 294 g/mol. The SMILES string of the molecule is COc1cc(OC)cc(Oc2c(F)cc(C=O)cc2F)c1. The third kappa shape index (κ3) is 3.28. The van der Waals surface area contributed by atoms with E-state index in [1.165, 1.54) is 26.4 Å². The van der Waals surface area contributed by atoms with E-state index in [2.05, 4.69) is 0 Å². The van der Waals surface area contributed by atoms with Crippen LogP contribution in [0, 0.1) is 11.6 Å². The standard InChI is InChI=1S/C15H12F2O4/c1-19-10-5-11(20-2)7-12(6-10)21-15-13(16)3-9(8-18)4-14(15)17/h3-8H,1-2H3. The fourth-order valence-electron chi connectivity index (χ4n) is 1.70. The molecule has 110 valence electrons. The number of methoxy groups -OCH3 is 2. The average Bonchev–Trinajstić information content (AvgIpc) is 2.50. The van der Waals surface area contributed by atoms with Crippen LogP contribution in [-0.2, 0) is 0 Å². The van der Waals surface area contributed by atoms with Gasteiger partial charge in [0, 0.05) is 23.8 Å². The van der Waals surface area contributed by atoms with Gasteiger partial charge in [-0.15, -0.1) is 0 Å². The van der Waals surface area contributed by atoms with Crippen molar-refractivity contribution in [3.63, 3.8) is 0 Å². The summed E-state index contributed by atoms with van der Waals surface area (Å²) in [5.41, 5.74) is -0.111. The fourth-order valence-corrected chi connectivity index (χ4v) is 1.70. The summed E-state index contributed by atoms with van der Waals surface area (Å²) in [6.45, 7) is 0. The van der Waals surface area contributed by atoms with Gasteiger partial charge in [-0.05, 0) is 12.1 Å². The second-order valence-corrected chi connectivity index (χ2v) is 4.08. The molecular formula is C15H12F2O4. The van der Waals surface area contributed by atoms with Gasteiger partial charge in [-0.25, -0.2) is 8.78 Å². The summed E-state index contributed by atoms with van der Waals surface area (Å²) in [7, 11) is 2.89. The van der Waals surface area contributed by atoms with Crippen LogP contribution in [0.4, 0.5) is 8.78 Å².